The molecule has 3 rings (SSSR count). The summed E-state index contributed by atoms with van der Waals surface area (Å²) in [5, 5.41) is 21.1. The molecule has 9 heteroatoms. The topological polar surface area (TPSA) is 91.0 Å². The Morgan fingerprint density at radius 3 is 2.41 bits per heavy atom. The monoisotopic (exact) mass is 404 g/mol. The van der Waals surface area contributed by atoms with Gasteiger partial charge >= 0.3 is 0 Å². The average molecular weight is 404 g/mol. The van der Waals surface area contributed by atoms with E-state index in [1.54, 1.807) is 30.2 Å². The van der Waals surface area contributed by atoms with Gasteiger partial charge in [-0.25, -0.2) is 13.2 Å². The molecule has 6 nitrogen and oxygen atoms in total. The number of anilines is 1. The zero-order chi connectivity index (χ0) is 21.6. The highest BCUT2D eigenvalue weighted by Crippen LogP contribution is 2.26. The van der Waals surface area contributed by atoms with Gasteiger partial charge in [-0.3, -0.25) is 14.9 Å². The van der Waals surface area contributed by atoms with Crippen molar-refractivity contribution < 1.29 is 23.1 Å². The molecule has 0 spiro atoms. The van der Waals surface area contributed by atoms with Crippen LogP contribution in [0.15, 0.2) is 42.7 Å². The van der Waals surface area contributed by atoms with Crippen molar-refractivity contribution in [2.45, 2.75) is 6.54 Å². The Labute approximate surface area is 165 Å². The van der Waals surface area contributed by atoms with Crippen LogP contribution >= 0.6 is 0 Å². The van der Waals surface area contributed by atoms with Gasteiger partial charge in [0.1, 0.15) is 23.2 Å². The van der Waals surface area contributed by atoms with E-state index in [0.29, 0.717) is 5.56 Å². The maximum atomic E-state index is 14.4. The van der Waals surface area contributed by atoms with Gasteiger partial charge in [-0.1, -0.05) is 12.1 Å². The summed E-state index contributed by atoms with van der Waals surface area (Å²) in [6.07, 6.45) is 3.46. The van der Waals surface area contributed by atoms with Gasteiger partial charge in [-0.2, -0.15) is 5.10 Å². The molecule has 0 radical (unpaired) electrons. The van der Waals surface area contributed by atoms with Crippen molar-refractivity contribution in [3.05, 3.63) is 71.3 Å². The number of carbonyl (C=O) groups excluding carboxylic acids is 1. The minimum absolute atomic E-state index is 0.117. The molecule has 0 aliphatic rings. The summed E-state index contributed by atoms with van der Waals surface area (Å²) in [4.78, 5) is 10.8. The lowest BCUT2D eigenvalue weighted by molar-refractivity contribution is -0.102. The maximum absolute atomic E-state index is 14.4. The molecular weight excluding hydrogens is 385 g/mol. The predicted octanol–water partition coefficient (Wildman–Crippen LogP) is 3.29. The highest BCUT2D eigenvalue weighted by molar-refractivity contribution is 6.36. The predicted molar refractivity (Wildman–Crippen MR) is 103 cm³/mol. The van der Waals surface area contributed by atoms with Crippen molar-refractivity contribution in [3.63, 3.8) is 0 Å². The van der Waals surface area contributed by atoms with Crippen LogP contribution in [0.25, 0.3) is 11.1 Å². The van der Waals surface area contributed by atoms with Crippen molar-refractivity contribution in [2.75, 3.05) is 12.4 Å². The third-order valence-corrected chi connectivity index (χ3v) is 4.04. The van der Waals surface area contributed by atoms with E-state index in [1.165, 1.54) is 12.1 Å². The SMILES string of the molecule is CO.Cn1cc(-c2ccc(CNc3c(F)ccc(F)c3C(=N)C=O)c(F)c2)cn1. The van der Waals surface area contributed by atoms with E-state index in [2.05, 4.69) is 10.4 Å². The third-order valence-electron chi connectivity index (χ3n) is 4.04. The summed E-state index contributed by atoms with van der Waals surface area (Å²) in [7, 11) is 2.75. The van der Waals surface area contributed by atoms with Gasteiger partial charge in [0.15, 0.2) is 6.29 Å². The van der Waals surface area contributed by atoms with Gasteiger partial charge in [0.25, 0.3) is 0 Å². The molecular formula is C20H19F3N4O2. The number of aromatic nitrogens is 2. The first-order valence-electron chi connectivity index (χ1n) is 8.39. The minimum Gasteiger partial charge on any atom is -0.400 e. The number of halogens is 3. The highest BCUT2D eigenvalue weighted by Gasteiger charge is 2.18. The molecule has 0 saturated heterocycles. The van der Waals surface area contributed by atoms with Crippen molar-refractivity contribution in [3.8, 4) is 11.1 Å². The van der Waals surface area contributed by atoms with E-state index in [9.17, 15) is 18.0 Å². The van der Waals surface area contributed by atoms with Gasteiger partial charge in [-0.15, -0.1) is 0 Å². The molecule has 0 aliphatic carbocycles. The number of aliphatic hydroxyl groups excluding tert-OH is 1. The molecule has 0 unspecified atom stereocenters. The van der Waals surface area contributed by atoms with Gasteiger partial charge in [0.2, 0.25) is 0 Å². The average Bonchev–Trinajstić information content (AvgIpc) is 3.16. The third kappa shape index (κ3) is 4.88. The lowest BCUT2D eigenvalue weighted by Gasteiger charge is -2.13. The van der Waals surface area contributed by atoms with E-state index >= 15 is 0 Å². The number of nitrogens with zero attached hydrogens (tertiary/aromatic N) is 2. The summed E-state index contributed by atoms with van der Waals surface area (Å²) >= 11 is 0. The van der Waals surface area contributed by atoms with Gasteiger partial charge in [-0.05, 0) is 23.8 Å². The number of benzene rings is 2. The number of nitrogens with one attached hydrogen (secondary N) is 2. The number of hydrogen-bond acceptors (Lipinski definition) is 5. The Hall–Kier alpha value is -3.46. The minimum atomic E-state index is -0.914. The first kappa shape index (κ1) is 21.8. The Morgan fingerprint density at radius 1 is 1.14 bits per heavy atom. The Kier molecular flexibility index (Phi) is 7.27. The molecule has 3 N–H and O–H groups in total. The van der Waals surface area contributed by atoms with Crippen molar-refractivity contribution in [2.24, 2.45) is 7.05 Å². The lowest BCUT2D eigenvalue weighted by atomic mass is 10.0. The first-order chi connectivity index (χ1) is 13.9. The highest BCUT2D eigenvalue weighted by atomic mass is 19.1. The molecule has 152 valence electrons. The number of aryl methyl sites for hydroxylation is 1. The molecule has 0 amide bonds. The zero-order valence-corrected chi connectivity index (χ0v) is 15.7. The molecule has 1 heterocycles. The molecule has 29 heavy (non-hydrogen) atoms. The Bertz CT molecular complexity index is 1030. The number of aliphatic hydroxyl groups is 1. The molecule has 0 atom stereocenters. The number of rotatable bonds is 6. The fourth-order valence-corrected chi connectivity index (χ4v) is 2.67. The zero-order valence-electron chi connectivity index (χ0n) is 15.7. The van der Waals surface area contributed by atoms with E-state index in [4.69, 9.17) is 10.5 Å². The number of aldehydes is 1. The summed E-state index contributed by atoms with van der Waals surface area (Å²) < 4.78 is 44.0. The van der Waals surface area contributed by atoms with Crippen LogP contribution < -0.4 is 5.32 Å². The summed E-state index contributed by atoms with van der Waals surface area (Å²) in [5.41, 5.74) is 0.0375. The fourth-order valence-electron chi connectivity index (χ4n) is 2.67. The Balaban J connectivity index is 0.00000145. The lowest BCUT2D eigenvalue weighted by Crippen LogP contribution is -2.12. The maximum Gasteiger partial charge on any atom is 0.168 e. The van der Waals surface area contributed by atoms with Gasteiger partial charge in [0, 0.05) is 38.0 Å². The van der Waals surface area contributed by atoms with Gasteiger partial charge in [0.05, 0.1) is 17.4 Å². The fraction of sp³-hybridized carbons (Fsp3) is 0.150. The van der Waals surface area contributed by atoms with Crippen LogP contribution in [0.3, 0.4) is 0 Å². The standard InChI is InChI=1S/C19H15F3N4O.CH4O/c1-26-9-13(8-25-26)11-2-3-12(16(22)6-11)7-24-19-15(21)5-4-14(20)18(19)17(23)10-27;1-2/h2-6,8-10,23-24H,7H2,1H3;2H,1H3. The van der Waals surface area contributed by atoms with Crippen LogP contribution in [-0.2, 0) is 18.4 Å². The van der Waals surface area contributed by atoms with Crippen molar-refractivity contribution >= 4 is 17.7 Å². The molecule has 0 fully saturated rings. The second-order valence-corrected chi connectivity index (χ2v) is 5.87. The van der Waals surface area contributed by atoms with E-state index in [1.807, 2.05) is 0 Å². The van der Waals surface area contributed by atoms with E-state index < -0.39 is 28.7 Å². The second kappa shape index (κ2) is 9.65. The molecule has 0 saturated carbocycles. The molecule has 2 aromatic carbocycles. The number of carbonyl (C=O) groups is 1. The number of hydrogen-bond donors (Lipinski definition) is 3. The van der Waals surface area contributed by atoms with E-state index in [-0.39, 0.29) is 24.1 Å². The van der Waals surface area contributed by atoms with Crippen molar-refractivity contribution in [1.29, 1.82) is 5.41 Å². The molecule has 0 aliphatic heterocycles. The summed E-state index contributed by atoms with van der Waals surface area (Å²) in [6, 6.07) is 6.24. The smallest absolute Gasteiger partial charge is 0.168 e. The largest absolute Gasteiger partial charge is 0.400 e. The van der Waals surface area contributed by atoms with Crippen LogP contribution in [0.2, 0.25) is 0 Å². The summed E-state index contributed by atoms with van der Waals surface area (Å²) in [6.45, 7) is -0.154. The summed E-state index contributed by atoms with van der Waals surface area (Å²) in [5.74, 6) is -2.29. The van der Waals surface area contributed by atoms with Crippen molar-refractivity contribution in [1.82, 2.24) is 9.78 Å². The molecule has 3 aromatic rings. The van der Waals surface area contributed by atoms with Gasteiger partial charge < -0.3 is 10.4 Å². The first-order valence-corrected chi connectivity index (χ1v) is 8.39. The van der Waals surface area contributed by atoms with E-state index in [0.717, 1.165) is 24.8 Å². The van der Waals surface area contributed by atoms with Crippen LogP contribution in [0, 0.1) is 22.9 Å². The Morgan fingerprint density at radius 2 is 1.83 bits per heavy atom. The van der Waals surface area contributed by atoms with Crippen LogP contribution in [0.5, 0.6) is 0 Å². The van der Waals surface area contributed by atoms with Crippen LogP contribution in [-0.4, -0.2) is 34.0 Å². The van der Waals surface area contributed by atoms with Crippen LogP contribution in [0.1, 0.15) is 11.1 Å². The quantitative estimate of drug-likeness (QED) is 0.434. The second-order valence-electron chi connectivity index (χ2n) is 5.87. The normalized spacial score (nSPS) is 10.1. The molecule has 0 bridgehead atoms. The molecule has 1 aromatic heterocycles. The van der Waals surface area contributed by atoms with Crippen LogP contribution in [0.4, 0.5) is 18.9 Å².